The Bertz CT molecular complexity index is 664. The van der Waals surface area contributed by atoms with Crippen molar-refractivity contribution in [2.75, 3.05) is 11.9 Å². The number of carboxylic acids is 1. The molecular weight excluding hydrogens is 320 g/mol. The Morgan fingerprint density at radius 2 is 1.96 bits per heavy atom. The van der Waals surface area contributed by atoms with Gasteiger partial charge in [0.1, 0.15) is 6.04 Å². The summed E-state index contributed by atoms with van der Waals surface area (Å²) in [7, 11) is 0. The number of piperidine rings is 1. The summed E-state index contributed by atoms with van der Waals surface area (Å²) in [4.78, 5) is 37.6. The molecule has 2 N–H and O–H groups in total. The number of hydrogen-bond acceptors (Lipinski definition) is 3. The molecule has 0 radical (unpaired) electrons. The molecule has 6 nitrogen and oxygen atoms in total. The van der Waals surface area contributed by atoms with Crippen LogP contribution in [0.3, 0.4) is 0 Å². The van der Waals surface area contributed by atoms with Gasteiger partial charge in [-0.05, 0) is 42.9 Å². The quantitative estimate of drug-likeness (QED) is 0.877. The summed E-state index contributed by atoms with van der Waals surface area (Å²) in [5.41, 5.74) is 0.811. The highest BCUT2D eigenvalue weighted by atomic mass is 16.4. The molecule has 1 atom stereocenters. The molecule has 0 spiro atoms. The highest BCUT2D eigenvalue weighted by Crippen LogP contribution is 2.23. The third-order valence-corrected chi connectivity index (χ3v) is 4.13. The van der Waals surface area contributed by atoms with Gasteiger partial charge in [0.2, 0.25) is 5.91 Å². The Morgan fingerprint density at radius 3 is 2.60 bits per heavy atom. The van der Waals surface area contributed by atoms with E-state index in [1.54, 1.807) is 24.3 Å². The van der Waals surface area contributed by atoms with E-state index >= 15 is 0 Å². The Labute approximate surface area is 148 Å². The molecule has 0 bridgehead atoms. The van der Waals surface area contributed by atoms with E-state index in [4.69, 9.17) is 0 Å². The molecule has 0 aromatic heterocycles. The minimum atomic E-state index is -0.970. The van der Waals surface area contributed by atoms with Crippen molar-refractivity contribution >= 4 is 23.5 Å². The second-order valence-corrected chi connectivity index (χ2v) is 7.71. The van der Waals surface area contributed by atoms with Gasteiger partial charge < -0.3 is 15.3 Å². The number of likely N-dealkylation sites (tertiary alicyclic amines) is 1. The molecule has 136 valence electrons. The van der Waals surface area contributed by atoms with Crippen LogP contribution in [0.1, 0.15) is 56.8 Å². The summed E-state index contributed by atoms with van der Waals surface area (Å²) < 4.78 is 0. The lowest BCUT2D eigenvalue weighted by atomic mass is 9.92. The normalized spacial score (nSPS) is 17.9. The van der Waals surface area contributed by atoms with E-state index in [9.17, 15) is 19.5 Å². The van der Waals surface area contributed by atoms with Crippen LogP contribution in [-0.2, 0) is 9.59 Å². The SMILES string of the molecule is CC(C)(C)CC(=O)Nc1cccc(C(=O)N2CCCCC2C(=O)O)c1. The monoisotopic (exact) mass is 346 g/mol. The average Bonchev–Trinajstić information content (AvgIpc) is 2.52. The lowest BCUT2D eigenvalue weighted by Gasteiger charge is -2.33. The summed E-state index contributed by atoms with van der Waals surface area (Å²) in [6.07, 6.45) is 2.46. The molecule has 0 aliphatic carbocycles. The van der Waals surface area contributed by atoms with Gasteiger partial charge in [0.05, 0.1) is 0 Å². The molecule has 25 heavy (non-hydrogen) atoms. The molecule has 2 rings (SSSR count). The number of nitrogens with one attached hydrogen (secondary N) is 1. The van der Waals surface area contributed by atoms with Gasteiger partial charge in [-0.2, -0.15) is 0 Å². The smallest absolute Gasteiger partial charge is 0.326 e. The van der Waals surface area contributed by atoms with Gasteiger partial charge in [0.25, 0.3) is 5.91 Å². The van der Waals surface area contributed by atoms with Gasteiger partial charge in [-0.15, -0.1) is 0 Å². The first-order valence-corrected chi connectivity index (χ1v) is 8.61. The predicted octanol–water partition coefficient (Wildman–Crippen LogP) is 3.14. The fourth-order valence-corrected chi connectivity index (χ4v) is 3.01. The Hall–Kier alpha value is -2.37. The molecule has 1 fully saturated rings. The number of anilines is 1. The van der Waals surface area contributed by atoms with Crippen LogP contribution >= 0.6 is 0 Å². The minimum Gasteiger partial charge on any atom is -0.480 e. The minimum absolute atomic E-state index is 0.113. The molecule has 1 aromatic rings. The van der Waals surface area contributed by atoms with Gasteiger partial charge in [0, 0.05) is 24.2 Å². The van der Waals surface area contributed by atoms with E-state index in [1.165, 1.54) is 4.90 Å². The van der Waals surface area contributed by atoms with Crippen LogP contribution in [0.25, 0.3) is 0 Å². The Balaban J connectivity index is 2.13. The van der Waals surface area contributed by atoms with Crippen molar-refractivity contribution in [2.24, 2.45) is 5.41 Å². The van der Waals surface area contributed by atoms with Crippen molar-refractivity contribution in [1.82, 2.24) is 4.90 Å². The van der Waals surface area contributed by atoms with Crippen molar-refractivity contribution in [3.05, 3.63) is 29.8 Å². The molecule has 1 aliphatic heterocycles. The maximum absolute atomic E-state index is 12.7. The zero-order chi connectivity index (χ0) is 18.6. The number of carbonyl (C=O) groups excluding carboxylic acids is 2. The number of hydrogen-bond donors (Lipinski definition) is 2. The molecule has 1 aromatic carbocycles. The van der Waals surface area contributed by atoms with Crippen molar-refractivity contribution in [3.63, 3.8) is 0 Å². The molecule has 1 aliphatic rings. The standard InChI is InChI=1S/C19H26N2O4/c1-19(2,3)12-16(22)20-14-8-6-7-13(11-14)17(23)21-10-5-4-9-15(21)18(24)25/h6-8,11,15H,4-5,9-10,12H2,1-3H3,(H,20,22)(H,24,25). The highest BCUT2D eigenvalue weighted by molar-refractivity contribution is 5.99. The Kier molecular flexibility index (Phi) is 5.82. The number of nitrogens with zero attached hydrogens (tertiary/aromatic N) is 1. The molecule has 0 saturated carbocycles. The highest BCUT2D eigenvalue weighted by Gasteiger charge is 2.32. The summed E-state index contributed by atoms with van der Waals surface area (Å²) in [6.45, 7) is 6.38. The van der Waals surface area contributed by atoms with Crippen LogP contribution in [0.5, 0.6) is 0 Å². The van der Waals surface area contributed by atoms with Gasteiger partial charge in [-0.25, -0.2) is 4.79 Å². The molecule has 1 heterocycles. The average molecular weight is 346 g/mol. The third kappa shape index (κ3) is 5.31. The van der Waals surface area contributed by atoms with Crippen LogP contribution in [0.15, 0.2) is 24.3 Å². The molecule has 2 amide bonds. The first-order valence-electron chi connectivity index (χ1n) is 8.61. The summed E-state index contributed by atoms with van der Waals surface area (Å²) in [6, 6.07) is 5.90. The number of amides is 2. The van der Waals surface area contributed by atoms with Crippen molar-refractivity contribution < 1.29 is 19.5 Å². The molecular formula is C19H26N2O4. The van der Waals surface area contributed by atoms with Gasteiger partial charge in [-0.3, -0.25) is 9.59 Å². The fourth-order valence-electron chi connectivity index (χ4n) is 3.01. The summed E-state index contributed by atoms with van der Waals surface area (Å²) >= 11 is 0. The van der Waals surface area contributed by atoms with E-state index in [0.717, 1.165) is 12.8 Å². The van der Waals surface area contributed by atoms with E-state index < -0.39 is 12.0 Å². The lowest BCUT2D eigenvalue weighted by Crippen LogP contribution is -2.48. The third-order valence-electron chi connectivity index (χ3n) is 4.13. The number of carbonyl (C=O) groups is 3. The first kappa shape index (κ1) is 19.0. The van der Waals surface area contributed by atoms with Crippen LogP contribution in [0.4, 0.5) is 5.69 Å². The van der Waals surface area contributed by atoms with Crippen LogP contribution in [0.2, 0.25) is 0 Å². The van der Waals surface area contributed by atoms with E-state index in [-0.39, 0.29) is 17.2 Å². The first-order chi connectivity index (χ1) is 11.7. The van der Waals surface area contributed by atoms with Crippen LogP contribution in [0, 0.1) is 5.41 Å². The topological polar surface area (TPSA) is 86.7 Å². The van der Waals surface area contributed by atoms with E-state index in [2.05, 4.69) is 5.32 Å². The maximum atomic E-state index is 12.7. The van der Waals surface area contributed by atoms with Crippen molar-refractivity contribution in [2.45, 2.75) is 52.5 Å². The predicted molar refractivity (Wildman–Crippen MR) is 95.5 cm³/mol. The van der Waals surface area contributed by atoms with Gasteiger partial charge >= 0.3 is 5.97 Å². The second kappa shape index (κ2) is 7.68. The van der Waals surface area contributed by atoms with E-state index in [0.29, 0.717) is 30.6 Å². The molecule has 1 unspecified atom stereocenters. The zero-order valence-corrected chi connectivity index (χ0v) is 15.0. The fraction of sp³-hybridized carbons (Fsp3) is 0.526. The largest absolute Gasteiger partial charge is 0.480 e. The van der Waals surface area contributed by atoms with E-state index in [1.807, 2.05) is 20.8 Å². The lowest BCUT2D eigenvalue weighted by molar-refractivity contribution is -0.143. The van der Waals surface area contributed by atoms with Crippen molar-refractivity contribution in [3.8, 4) is 0 Å². The van der Waals surface area contributed by atoms with Crippen molar-refractivity contribution in [1.29, 1.82) is 0 Å². The van der Waals surface area contributed by atoms with Crippen LogP contribution in [-0.4, -0.2) is 40.4 Å². The number of rotatable bonds is 4. The summed E-state index contributed by atoms with van der Waals surface area (Å²) in [5.74, 6) is -1.39. The molecule has 1 saturated heterocycles. The van der Waals surface area contributed by atoms with Gasteiger partial charge in [0.15, 0.2) is 0 Å². The Morgan fingerprint density at radius 1 is 1.24 bits per heavy atom. The zero-order valence-electron chi connectivity index (χ0n) is 15.0. The number of aliphatic carboxylic acids is 1. The maximum Gasteiger partial charge on any atom is 0.326 e. The summed E-state index contributed by atoms with van der Waals surface area (Å²) in [5, 5.41) is 12.1. The molecule has 6 heteroatoms. The second-order valence-electron chi connectivity index (χ2n) is 7.71. The van der Waals surface area contributed by atoms with Gasteiger partial charge in [-0.1, -0.05) is 26.8 Å². The number of benzene rings is 1. The van der Waals surface area contributed by atoms with Crippen LogP contribution < -0.4 is 5.32 Å². The number of carboxylic acid groups (broad SMARTS) is 1.